The highest BCUT2D eigenvalue weighted by molar-refractivity contribution is 5.87. The van der Waals surface area contributed by atoms with Crippen molar-refractivity contribution in [3.8, 4) is 5.75 Å². The van der Waals surface area contributed by atoms with Gasteiger partial charge in [-0.3, -0.25) is 0 Å². The number of nitrogens with one attached hydrogen (secondary N) is 1. The van der Waals surface area contributed by atoms with E-state index in [9.17, 15) is 9.90 Å². The summed E-state index contributed by atoms with van der Waals surface area (Å²) in [5.41, 5.74) is 2.07. The van der Waals surface area contributed by atoms with Gasteiger partial charge < -0.3 is 24.7 Å². The SMILES string of the molecule is O=c1oc2cccc(OCC(O)CNCCO)c2c2c1CCCC2. The lowest BCUT2D eigenvalue weighted by atomic mass is 9.90. The van der Waals surface area contributed by atoms with Crippen molar-refractivity contribution in [1.82, 2.24) is 5.32 Å². The van der Waals surface area contributed by atoms with Crippen LogP contribution in [0.1, 0.15) is 24.0 Å². The summed E-state index contributed by atoms with van der Waals surface area (Å²) in [6.07, 6.45) is 2.96. The third-order valence-electron chi connectivity index (χ3n) is 4.31. The summed E-state index contributed by atoms with van der Waals surface area (Å²) in [6, 6.07) is 5.40. The molecule has 0 aliphatic heterocycles. The zero-order valence-electron chi connectivity index (χ0n) is 13.6. The monoisotopic (exact) mass is 333 g/mol. The van der Waals surface area contributed by atoms with Gasteiger partial charge in [-0.2, -0.15) is 0 Å². The van der Waals surface area contributed by atoms with Crippen LogP contribution < -0.4 is 15.7 Å². The Kier molecular flexibility index (Phi) is 5.50. The van der Waals surface area contributed by atoms with Crippen molar-refractivity contribution < 1.29 is 19.4 Å². The summed E-state index contributed by atoms with van der Waals surface area (Å²) in [5.74, 6) is 0.635. The van der Waals surface area contributed by atoms with Crippen molar-refractivity contribution in [2.45, 2.75) is 31.8 Å². The Bertz CT molecular complexity index is 755. The average Bonchev–Trinajstić information content (AvgIpc) is 2.60. The summed E-state index contributed by atoms with van der Waals surface area (Å²) in [5, 5.41) is 22.5. The van der Waals surface area contributed by atoms with Crippen LogP contribution in [-0.4, -0.2) is 42.6 Å². The predicted molar refractivity (Wildman–Crippen MR) is 90.6 cm³/mol. The standard InChI is InChI=1S/C18H23NO5/c20-9-8-19-10-12(21)11-23-15-6-3-7-16-17(15)13-4-1-2-5-14(13)18(22)24-16/h3,6-7,12,19-21H,1-2,4-5,8-11H2. The predicted octanol–water partition coefficient (Wildman–Crippen LogP) is 0.993. The van der Waals surface area contributed by atoms with Crippen LogP contribution in [0, 0.1) is 0 Å². The lowest BCUT2D eigenvalue weighted by Gasteiger charge is -2.19. The first-order valence-electron chi connectivity index (χ1n) is 8.40. The zero-order valence-corrected chi connectivity index (χ0v) is 13.6. The van der Waals surface area contributed by atoms with Crippen LogP contribution in [0.5, 0.6) is 5.75 Å². The number of hydrogen-bond acceptors (Lipinski definition) is 6. The molecule has 24 heavy (non-hydrogen) atoms. The van der Waals surface area contributed by atoms with Crippen molar-refractivity contribution in [1.29, 1.82) is 0 Å². The van der Waals surface area contributed by atoms with Gasteiger partial charge in [0, 0.05) is 18.7 Å². The van der Waals surface area contributed by atoms with E-state index in [1.165, 1.54) is 0 Å². The normalized spacial score (nSPS) is 15.2. The quantitative estimate of drug-likeness (QED) is 0.517. The number of benzene rings is 1. The van der Waals surface area contributed by atoms with Crippen molar-refractivity contribution in [3.05, 3.63) is 39.7 Å². The van der Waals surface area contributed by atoms with Gasteiger partial charge in [0.25, 0.3) is 0 Å². The van der Waals surface area contributed by atoms with E-state index >= 15 is 0 Å². The van der Waals surface area contributed by atoms with Crippen LogP contribution in [-0.2, 0) is 12.8 Å². The number of aliphatic hydroxyl groups is 2. The molecule has 6 nitrogen and oxygen atoms in total. The Labute approximate surface area is 140 Å². The number of aliphatic hydroxyl groups excluding tert-OH is 2. The molecule has 6 heteroatoms. The molecule has 3 N–H and O–H groups in total. The molecular weight excluding hydrogens is 310 g/mol. The second-order valence-electron chi connectivity index (χ2n) is 6.08. The van der Waals surface area contributed by atoms with Crippen LogP contribution in [0.15, 0.2) is 27.4 Å². The Morgan fingerprint density at radius 2 is 2.04 bits per heavy atom. The molecule has 1 heterocycles. The van der Waals surface area contributed by atoms with E-state index in [0.717, 1.165) is 42.2 Å². The second-order valence-corrected chi connectivity index (χ2v) is 6.08. The third-order valence-corrected chi connectivity index (χ3v) is 4.31. The van der Waals surface area contributed by atoms with E-state index in [1.807, 2.05) is 6.07 Å². The molecule has 0 bridgehead atoms. The fourth-order valence-electron chi connectivity index (χ4n) is 3.17. The number of ether oxygens (including phenoxy) is 1. The van der Waals surface area contributed by atoms with Crippen molar-refractivity contribution >= 4 is 11.0 Å². The maximum atomic E-state index is 12.1. The number of hydrogen-bond donors (Lipinski definition) is 3. The minimum absolute atomic E-state index is 0.0298. The molecule has 1 aromatic carbocycles. The Morgan fingerprint density at radius 1 is 1.25 bits per heavy atom. The molecule has 0 radical (unpaired) electrons. The Hall–Kier alpha value is -1.89. The maximum absolute atomic E-state index is 12.1. The van der Waals surface area contributed by atoms with E-state index in [0.29, 0.717) is 24.4 Å². The first-order valence-corrected chi connectivity index (χ1v) is 8.40. The molecule has 2 aromatic rings. The van der Waals surface area contributed by atoms with Gasteiger partial charge in [-0.25, -0.2) is 4.79 Å². The first kappa shape index (κ1) is 17.0. The van der Waals surface area contributed by atoms with Crippen LogP contribution >= 0.6 is 0 Å². The van der Waals surface area contributed by atoms with Crippen molar-refractivity contribution in [2.24, 2.45) is 0 Å². The average molecular weight is 333 g/mol. The number of rotatable bonds is 7. The minimum Gasteiger partial charge on any atom is -0.490 e. The highest BCUT2D eigenvalue weighted by Crippen LogP contribution is 2.33. The largest absolute Gasteiger partial charge is 0.490 e. The molecule has 1 aromatic heterocycles. The smallest absolute Gasteiger partial charge is 0.339 e. The molecule has 0 spiro atoms. The van der Waals surface area contributed by atoms with Crippen molar-refractivity contribution in [2.75, 3.05) is 26.3 Å². The molecule has 0 saturated carbocycles. The summed E-state index contributed by atoms with van der Waals surface area (Å²) >= 11 is 0. The van der Waals surface area contributed by atoms with Gasteiger partial charge in [-0.15, -0.1) is 0 Å². The number of fused-ring (bicyclic) bond motifs is 3. The van der Waals surface area contributed by atoms with Gasteiger partial charge in [0.15, 0.2) is 0 Å². The van der Waals surface area contributed by atoms with Gasteiger partial charge in [0.1, 0.15) is 24.0 Å². The summed E-state index contributed by atoms with van der Waals surface area (Å²) < 4.78 is 11.3. The van der Waals surface area contributed by atoms with Gasteiger partial charge in [0.05, 0.1) is 12.0 Å². The molecule has 0 amide bonds. The highest BCUT2D eigenvalue weighted by Gasteiger charge is 2.20. The lowest BCUT2D eigenvalue weighted by molar-refractivity contribution is 0.106. The van der Waals surface area contributed by atoms with Crippen LogP contribution in [0.25, 0.3) is 11.0 Å². The highest BCUT2D eigenvalue weighted by atomic mass is 16.5. The van der Waals surface area contributed by atoms with Crippen LogP contribution in [0.2, 0.25) is 0 Å². The van der Waals surface area contributed by atoms with E-state index in [-0.39, 0.29) is 18.8 Å². The topological polar surface area (TPSA) is 91.9 Å². The summed E-state index contributed by atoms with van der Waals surface area (Å²) in [7, 11) is 0. The van der Waals surface area contributed by atoms with Crippen LogP contribution in [0.3, 0.4) is 0 Å². The Morgan fingerprint density at radius 3 is 2.83 bits per heavy atom. The van der Waals surface area contributed by atoms with Gasteiger partial charge in [-0.05, 0) is 43.4 Å². The molecule has 1 unspecified atom stereocenters. The molecule has 0 saturated heterocycles. The summed E-state index contributed by atoms with van der Waals surface area (Å²) in [4.78, 5) is 12.1. The fourth-order valence-corrected chi connectivity index (χ4v) is 3.17. The van der Waals surface area contributed by atoms with E-state index in [1.54, 1.807) is 12.1 Å². The van der Waals surface area contributed by atoms with Crippen LogP contribution in [0.4, 0.5) is 0 Å². The maximum Gasteiger partial charge on any atom is 0.339 e. The fraction of sp³-hybridized carbons (Fsp3) is 0.500. The Balaban J connectivity index is 1.84. The van der Waals surface area contributed by atoms with Gasteiger partial charge in [-0.1, -0.05) is 6.07 Å². The van der Waals surface area contributed by atoms with Crippen molar-refractivity contribution in [3.63, 3.8) is 0 Å². The van der Waals surface area contributed by atoms with E-state index < -0.39 is 6.10 Å². The molecule has 1 aliphatic carbocycles. The van der Waals surface area contributed by atoms with Gasteiger partial charge >= 0.3 is 5.63 Å². The molecular formula is C18H23NO5. The minimum atomic E-state index is -0.682. The molecule has 130 valence electrons. The third kappa shape index (κ3) is 3.61. The van der Waals surface area contributed by atoms with E-state index in [2.05, 4.69) is 5.32 Å². The molecule has 1 aliphatic rings. The van der Waals surface area contributed by atoms with E-state index in [4.69, 9.17) is 14.3 Å². The second kappa shape index (κ2) is 7.79. The molecule has 3 rings (SSSR count). The molecule has 1 atom stereocenters. The zero-order chi connectivity index (χ0) is 16.9. The number of aryl methyl sites for hydroxylation is 1. The first-order chi connectivity index (χ1) is 11.7. The summed E-state index contributed by atoms with van der Waals surface area (Å²) in [6.45, 7) is 0.940. The van der Waals surface area contributed by atoms with Gasteiger partial charge in [0.2, 0.25) is 0 Å². The lowest BCUT2D eigenvalue weighted by Crippen LogP contribution is -2.33. The molecule has 0 fully saturated rings.